The second kappa shape index (κ2) is 9.70. The van der Waals surface area contributed by atoms with Crippen molar-refractivity contribution in [2.75, 3.05) is 20.1 Å². The lowest BCUT2D eigenvalue weighted by atomic mass is 10.0. The quantitative estimate of drug-likeness (QED) is 0.614. The molecule has 3 nitrogen and oxygen atoms in total. The van der Waals surface area contributed by atoms with Crippen LogP contribution in [0, 0.1) is 11.8 Å². The molecule has 1 aromatic heterocycles. The number of likely N-dealkylation sites (N-methyl/N-ethyl adjacent to an activating group) is 1. The molecule has 0 aliphatic heterocycles. The summed E-state index contributed by atoms with van der Waals surface area (Å²) in [5.74, 6) is 5.65. The van der Waals surface area contributed by atoms with Gasteiger partial charge in [0, 0.05) is 17.7 Å². The average Bonchev–Trinajstić information content (AvgIpc) is 3.23. The van der Waals surface area contributed by atoms with Crippen molar-refractivity contribution < 1.29 is 9.90 Å². The van der Waals surface area contributed by atoms with Crippen molar-refractivity contribution in [1.29, 1.82) is 0 Å². The summed E-state index contributed by atoms with van der Waals surface area (Å²) in [5.41, 5.74) is 5.25. The minimum absolute atomic E-state index is 0.00393. The molecule has 4 heteroatoms. The van der Waals surface area contributed by atoms with E-state index in [1.54, 1.807) is 23.3 Å². The Hall–Kier alpha value is -3.13. The van der Waals surface area contributed by atoms with Crippen LogP contribution in [0.2, 0.25) is 0 Å². The Bertz CT molecular complexity index is 994. The first-order valence-electron chi connectivity index (χ1n) is 8.92. The lowest BCUT2D eigenvalue weighted by molar-refractivity contribution is -0.137. The molecule has 140 valence electrons. The summed E-state index contributed by atoms with van der Waals surface area (Å²) in [6, 6.07) is 20.3. The zero-order chi connectivity index (χ0) is 19.8. The molecule has 0 amide bonds. The summed E-state index contributed by atoms with van der Waals surface area (Å²) >= 11 is 1.69. The molecule has 2 aromatic carbocycles. The Morgan fingerprint density at radius 1 is 1.07 bits per heavy atom. The minimum Gasteiger partial charge on any atom is -0.480 e. The first-order valence-corrected chi connectivity index (χ1v) is 9.86. The molecule has 0 fully saturated rings. The van der Waals surface area contributed by atoms with E-state index in [0.717, 1.165) is 16.7 Å². The van der Waals surface area contributed by atoms with Crippen LogP contribution in [-0.4, -0.2) is 36.1 Å². The highest BCUT2D eigenvalue weighted by molar-refractivity contribution is 7.08. The Morgan fingerprint density at radius 2 is 1.82 bits per heavy atom. The van der Waals surface area contributed by atoms with Crippen LogP contribution in [0.5, 0.6) is 0 Å². The fourth-order valence-electron chi connectivity index (χ4n) is 2.72. The number of benzene rings is 2. The third kappa shape index (κ3) is 5.68. The maximum absolute atomic E-state index is 10.9. The fourth-order valence-corrected chi connectivity index (χ4v) is 3.38. The summed E-state index contributed by atoms with van der Waals surface area (Å²) in [4.78, 5) is 12.6. The summed E-state index contributed by atoms with van der Waals surface area (Å²) in [6.45, 7) is 0.512. The van der Waals surface area contributed by atoms with Gasteiger partial charge in [0.05, 0.1) is 6.54 Å². The van der Waals surface area contributed by atoms with Crippen LogP contribution in [0.15, 0.2) is 77.5 Å². The Labute approximate surface area is 169 Å². The van der Waals surface area contributed by atoms with Gasteiger partial charge >= 0.3 is 5.97 Å². The molecule has 0 radical (unpaired) electrons. The SMILES string of the molecule is CN(CC=C(C#Cc1ccc(-c2ccsc2)cc1)c1ccccc1)CC(=O)O. The van der Waals surface area contributed by atoms with Crippen molar-refractivity contribution in [2.45, 2.75) is 0 Å². The van der Waals surface area contributed by atoms with Crippen molar-refractivity contribution in [3.05, 3.63) is 88.6 Å². The first kappa shape index (κ1) is 19.6. The lowest BCUT2D eigenvalue weighted by Crippen LogP contribution is -2.25. The summed E-state index contributed by atoms with van der Waals surface area (Å²) in [6.07, 6.45) is 1.98. The normalized spacial score (nSPS) is 11.1. The van der Waals surface area contributed by atoms with E-state index in [-0.39, 0.29) is 6.54 Å². The number of nitrogens with zero attached hydrogens (tertiary/aromatic N) is 1. The monoisotopic (exact) mass is 387 g/mol. The van der Waals surface area contributed by atoms with Crippen LogP contribution < -0.4 is 0 Å². The van der Waals surface area contributed by atoms with E-state index >= 15 is 0 Å². The van der Waals surface area contributed by atoms with Gasteiger partial charge in [0.2, 0.25) is 0 Å². The van der Waals surface area contributed by atoms with Crippen LogP contribution in [-0.2, 0) is 4.79 Å². The predicted octanol–water partition coefficient (Wildman–Crippen LogP) is 4.87. The molecule has 0 spiro atoms. The highest BCUT2D eigenvalue weighted by Gasteiger charge is 2.04. The summed E-state index contributed by atoms with van der Waals surface area (Å²) < 4.78 is 0. The molecule has 0 aliphatic carbocycles. The number of rotatable bonds is 6. The molecule has 0 atom stereocenters. The number of hydrogen-bond acceptors (Lipinski definition) is 3. The molecular weight excluding hydrogens is 366 g/mol. The third-order valence-corrected chi connectivity index (χ3v) is 4.86. The standard InChI is InChI=1S/C24H21NO2S/c1-25(17-24(26)27)15-13-22(20-5-3-2-4-6-20)12-9-19-7-10-21(11-8-19)23-14-16-28-18-23/h2-8,10-11,13-14,16,18H,15,17H2,1H3,(H,26,27). The second-order valence-electron chi connectivity index (χ2n) is 6.41. The van der Waals surface area contributed by atoms with E-state index in [1.807, 2.05) is 48.5 Å². The maximum Gasteiger partial charge on any atom is 0.317 e. The van der Waals surface area contributed by atoms with Crippen molar-refractivity contribution in [1.82, 2.24) is 4.90 Å². The van der Waals surface area contributed by atoms with Crippen molar-refractivity contribution in [3.63, 3.8) is 0 Å². The van der Waals surface area contributed by atoms with E-state index in [0.29, 0.717) is 6.54 Å². The van der Waals surface area contributed by atoms with E-state index in [4.69, 9.17) is 5.11 Å². The maximum atomic E-state index is 10.9. The number of carboxylic acid groups (broad SMARTS) is 1. The van der Waals surface area contributed by atoms with Crippen molar-refractivity contribution in [2.24, 2.45) is 0 Å². The highest BCUT2D eigenvalue weighted by atomic mass is 32.1. The third-order valence-electron chi connectivity index (χ3n) is 4.18. The van der Waals surface area contributed by atoms with E-state index in [2.05, 4.69) is 40.8 Å². The van der Waals surface area contributed by atoms with Crippen LogP contribution in [0.3, 0.4) is 0 Å². The molecule has 0 saturated heterocycles. The number of thiophene rings is 1. The Kier molecular flexibility index (Phi) is 6.80. The van der Waals surface area contributed by atoms with Crippen LogP contribution >= 0.6 is 11.3 Å². The first-order chi connectivity index (χ1) is 13.6. The van der Waals surface area contributed by atoms with Gasteiger partial charge < -0.3 is 5.11 Å². The summed E-state index contributed by atoms with van der Waals surface area (Å²) in [7, 11) is 1.78. The molecule has 1 N–H and O–H groups in total. The molecule has 0 aliphatic rings. The largest absolute Gasteiger partial charge is 0.480 e. The van der Waals surface area contributed by atoms with Gasteiger partial charge in [-0.2, -0.15) is 11.3 Å². The zero-order valence-electron chi connectivity index (χ0n) is 15.6. The number of aliphatic carboxylic acids is 1. The Balaban J connectivity index is 1.81. The predicted molar refractivity (Wildman–Crippen MR) is 116 cm³/mol. The van der Waals surface area contributed by atoms with Gasteiger partial charge in [-0.3, -0.25) is 9.69 Å². The van der Waals surface area contributed by atoms with Gasteiger partial charge in [-0.1, -0.05) is 60.4 Å². The van der Waals surface area contributed by atoms with Crippen LogP contribution in [0.1, 0.15) is 11.1 Å². The molecular formula is C24H21NO2S. The van der Waals surface area contributed by atoms with Gasteiger partial charge in [0.1, 0.15) is 0 Å². The Morgan fingerprint density at radius 3 is 2.46 bits per heavy atom. The molecule has 0 unspecified atom stereocenters. The fraction of sp³-hybridized carbons (Fsp3) is 0.125. The summed E-state index contributed by atoms with van der Waals surface area (Å²) in [5, 5.41) is 13.1. The highest BCUT2D eigenvalue weighted by Crippen LogP contribution is 2.22. The lowest BCUT2D eigenvalue weighted by Gasteiger charge is -2.11. The molecule has 0 bridgehead atoms. The van der Waals surface area contributed by atoms with Crippen molar-refractivity contribution >= 4 is 22.9 Å². The molecule has 1 heterocycles. The van der Waals surface area contributed by atoms with E-state index in [1.165, 1.54) is 11.1 Å². The number of hydrogen-bond donors (Lipinski definition) is 1. The van der Waals surface area contributed by atoms with Gasteiger partial charge in [-0.05, 0) is 52.7 Å². The van der Waals surface area contributed by atoms with Gasteiger partial charge in [-0.15, -0.1) is 0 Å². The molecule has 3 rings (SSSR count). The molecule has 0 saturated carbocycles. The zero-order valence-corrected chi connectivity index (χ0v) is 16.4. The molecule has 3 aromatic rings. The number of allylic oxidation sites excluding steroid dienone is 1. The van der Waals surface area contributed by atoms with Gasteiger partial charge in [0.25, 0.3) is 0 Å². The average molecular weight is 388 g/mol. The van der Waals surface area contributed by atoms with Crippen LogP contribution in [0.4, 0.5) is 0 Å². The van der Waals surface area contributed by atoms with Crippen molar-refractivity contribution in [3.8, 4) is 23.0 Å². The second-order valence-corrected chi connectivity index (χ2v) is 7.19. The minimum atomic E-state index is -0.839. The van der Waals surface area contributed by atoms with E-state index in [9.17, 15) is 4.79 Å². The van der Waals surface area contributed by atoms with E-state index < -0.39 is 5.97 Å². The van der Waals surface area contributed by atoms with Crippen LogP contribution in [0.25, 0.3) is 16.7 Å². The van der Waals surface area contributed by atoms with Gasteiger partial charge in [0.15, 0.2) is 0 Å². The topological polar surface area (TPSA) is 40.5 Å². The smallest absolute Gasteiger partial charge is 0.317 e. The molecule has 28 heavy (non-hydrogen) atoms. The number of carboxylic acids is 1. The number of carbonyl (C=O) groups is 1. The van der Waals surface area contributed by atoms with Gasteiger partial charge in [-0.25, -0.2) is 0 Å².